The number of anilines is 1. The lowest BCUT2D eigenvalue weighted by atomic mass is 10.0. The molecule has 2 aromatic carbocycles. The smallest absolute Gasteiger partial charge is 0.315 e. The Morgan fingerprint density at radius 2 is 1.80 bits per heavy atom. The van der Waals surface area contributed by atoms with Gasteiger partial charge < -0.3 is 10.2 Å². The summed E-state index contributed by atoms with van der Waals surface area (Å²) in [6.07, 6.45) is 2.07. The van der Waals surface area contributed by atoms with Crippen LogP contribution in [0.3, 0.4) is 0 Å². The highest BCUT2D eigenvalue weighted by atomic mass is 16.2. The van der Waals surface area contributed by atoms with Crippen LogP contribution < -0.4 is 10.2 Å². The van der Waals surface area contributed by atoms with Crippen molar-refractivity contribution in [3.8, 4) is 0 Å². The molecule has 0 aromatic heterocycles. The molecule has 0 bridgehead atoms. The number of carbonyl (C=O) groups excluding carboxylic acids is 1. The Morgan fingerprint density at radius 1 is 1.12 bits per heavy atom. The van der Waals surface area contributed by atoms with Gasteiger partial charge >= 0.3 is 6.03 Å². The third kappa shape index (κ3) is 4.20. The Bertz CT molecular complexity index is 659. The van der Waals surface area contributed by atoms with E-state index in [0.717, 1.165) is 44.7 Å². The first-order valence-electron chi connectivity index (χ1n) is 9.20. The second kappa shape index (κ2) is 8.67. The van der Waals surface area contributed by atoms with Crippen molar-refractivity contribution in [3.63, 3.8) is 0 Å². The van der Waals surface area contributed by atoms with Crippen LogP contribution in [-0.2, 0) is 0 Å². The molecule has 0 saturated carbocycles. The summed E-state index contributed by atoms with van der Waals surface area (Å²) in [5.74, 6) is 0. The maximum atomic E-state index is 13.4. The zero-order chi connectivity index (χ0) is 17.5. The number of nitrogens with zero attached hydrogens (tertiary/aromatic N) is 2. The lowest BCUT2D eigenvalue weighted by molar-refractivity contribution is 0.164. The van der Waals surface area contributed by atoms with Crippen molar-refractivity contribution in [1.82, 2.24) is 10.2 Å². The van der Waals surface area contributed by atoms with Crippen LogP contribution in [0.2, 0.25) is 0 Å². The van der Waals surface area contributed by atoms with Gasteiger partial charge in [-0.3, -0.25) is 4.90 Å². The number of hydrogen-bond acceptors (Lipinski definition) is 2. The molecule has 1 unspecified atom stereocenters. The summed E-state index contributed by atoms with van der Waals surface area (Å²) in [6, 6.07) is 20.5. The van der Waals surface area contributed by atoms with Crippen LogP contribution in [0.5, 0.6) is 0 Å². The highest BCUT2D eigenvalue weighted by molar-refractivity contribution is 5.92. The summed E-state index contributed by atoms with van der Waals surface area (Å²) in [4.78, 5) is 17.4. The predicted octanol–water partition coefficient (Wildman–Crippen LogP) is 4.06. The highest BCUT2D eigenvalue weighted by Gasteiger charge is 2.31. The first-order valence-corrected chi connectivity index (χ1v) is 9.20. The van der Waals surface area contributed by atoms with Crippen molar-refractivity contribution in [2.75, 3.05) is 31.1 Å². The Kier molecular flexibility index (Phi) is 6.07. The third-order valence-electron chi connectivity index (χ3n) is 4.71. The van der Waals surface area contributed by atoms with Crippen LogP contribution >= 0.6 is 0 Å². The van der Waals surface area contributed by atoms with E-state index in [1.807, 2.05) is 58.3 Å². The molecule has 0 aliphatic carbocycles. The van der Waals surface area contributed by atoms with Crippen molar-refractivity contribution in [3.05, 3.63) is 66.2 Å². The lowest BCUT2D eigenvalue weighted by Crippen LogP contribution is -2.53. The zero-order valence-corrected chi connectivity index (χ0v) is 14.9. The molecule has 1 N–H and O–H groups in total. The van der Waals surface area contributed by atoms with Crippen LogP contribution in [0.4, 0.5) is 10.5 Å². The SMILES string of the molecule is CCCCN(C(=O)N1CCNCC1c1ccccc1)c1ccccc1. The highest BCUT2D eigenvalue weighted by Crippen LogP contribution is 2.25. The molecule has 25 heavy (non-hydrogen) atoms. The fourth-order valence-electron chi connectivity index (χ4n) is 3.32. The number of carbonyl (C=O) groups is 1. The van der Waals surface area contributed by atoms with Gasteiger partial charge in [-0.15, -0.1) is 0 Å². The van der Waals surface area contributed by atoms with Crippen LogP contribution in [0, 0.1) is 0 Å². The molecule has 4 nitrogen and oxygen atoms in total. The summed E-state index contributed by atoms with van der Waals surface area (Å²) in [5.41, 5.74) is 2.16. The molecule has 1 aliphatic heterocycles. The van der Waals surface area contributed by atoms with Gasteiger partial charge in [-0.1, -0.05) is 61.9 Å². The van der Waals surface area contributed by atoms with E-state index in [0.29, 0.717) is 0 Å². The summed E-state index contributed by atoms with van der Waals surface area (Å²) in [6.45, 7) is 5.28. The van der Waals surface area contributed by atoms with Gasteiger partial charge in [-0.25, -0.2) is 4.79 Å². The van der Waals surface area contributed by atoms with E-state index in [1.54, 1.807) is 0 Å². The molecule has 1 fully saturated rings. The van der Waals surface area contributed by atoms with Crippen LogP contribution in [-0.4, -0.2) is 37.1 Å². The summed E-state index contributed by atoms with van der Waals surface area (Å²) in [7, 11) is 0. The maximum Gasteiger partial charge on any atom is 0.325 e. The Balaban J connectivity index is 1.86. The number of piperazine rings is 1. The topological polar surface area (TPSA) is 35.6 Å². The Morgan fingerprint density at radius 3 is 2.48 bits per heavy atom. The van der Waals surface area contributed by atoms with Gasteiger partial charge in [0.2, 0.25) is 0 Å². The van der Waals surface area contributed by atoms with E-state index in [1.165, 1.54) is 5.56 Å². The lowest BCUT2D eigenvalue weighted by Gasteiger charge is -2.39. The molecule has 2 aromatic rings. The van der Waals surface area contributed by atoms with Gasteiger partial charge in [0.1, 0.15) is 0 Å². The van der Waals surface area contributed by atoms with Gasteiger partial charge in [0.25, 0.3) is 0 Å². The maximum absolute atomic E-state index is 13.4. The van der Waals surface area contributed by atoms with E-state index >= 15 is 0 Å². The quantitative estimate of drug-likeness (QED) is 0.893. The molecule has 1 aliphatic rings. The fourth-order valence-corrected chi connectivity index (χ4v) is 3.32. The normalized spacial score (nSPS) is 17.3. The van der Waals surface area contributed by atoms with Gasteiger partial charge in [0, 0.05) is 31.9 Å². The van der Waals surface area contributed by atoms with Crippen LogP contribution in [0.1, 0.15) is 31.4 Å². The Hall–Kier alpha value is -2.33. The molecule has 1 heterocycles. The van der Waals surface area contributed by atoms with Crippen molar-refractivity contribution in [2.24, 2.45) is 0 Å². The van der Waals surface area contributed by atoms with Crippen molar-refractivity contribution >= 4 is 11.7 Å². The van der Waals surface area contributed by atoms with E-state index in [9.17, 15) is 4.79 Å². The van der Waals surface area contributed by atoms with Gasteiger partial charge in [0.05, 0.1) is 6.04 Å². The number of hydrogen-bond donors (Lipinski definition) is 1. The molecule has 3 rings (SSSR count). The molecule has 0 spiro atoms. The minimum atomic E-state index is 0.0790. The third-order valence-corrected chi connectivity index (χ3v) is 4.71. The monoisotopic (exact) mass is 337 g/mol. The Labute approximate surface area is 150 Å². The summed E-state index contributed by atoms with van der Waals surface area (Å²) < 4.78 is 0. The molecular weight excluding hydrogens is 310 g/mol. The molecule has 4 heteroatoms. The number of urea groups is 1. The molecular formula is C21H27N3O. The van der Waals surface area contributed by atoms with Crippen molar-refractivity contribution in [1.29, 1.82) is 0 Å². The second-order valence-electron chi connectivity index (χ2n) is 6.45. The fraction of sp³-hybridized carbons (Fsp3) is 0.381. The molecule has 1 atom stereocenters. The van der Waals surface area contributed by atoms with E-state index in [4.69, 9.17) is 0 Å². The average molecular weight is 337 g/mol. The average Bonchev–Trinajstić information content (AvgIpc) is 2.69. The minimum Gasteiger partial charge on any atom is -0.315 e. The summed E-state index contributed by atoms with van der Waals surface area (Å²) >= 11 is 0. The van der Waals surface area contributed by atoms with Crippen molar-refractivity contribution < 1.29 is 4.79 Å². The van der Waals surface area contributed by atoms with Crippen molar-refractivity contribution in [2.45, 2.75) is 25.8 Å². The van der Waals surface area contributed by atoms with Gasteiger partial charge in [-0.05, 0) is 24.1 Å². The number of unbranched alkanes of at least 4 members (excludes halogenated alkanes) is 1. The predicted molar refractivity (Wildman–Crippen MR) is 103 cm³/mol. The largest absolute Gasteiger partial charge is 0.325 e. The second-order valence-corrected chi connectivity index (χ2v) is 6.45. The van der Waals surface area contributed by atoms with E-state index in [-0.39, 0.29) is 12.1 Å². The number of para-hydroxylation sites is 1. The number of benzene rings is 2. The van der Waals surface area contributed by atoms with E-state index < -0.39 is 0 Å². The van der Waals surface area contributed by atoms with Crippen LogP contribution in [0.25, 0.3) is 0 Å². The molecule has 2 amide bonds. The summed E-state index contributed by atoms with van der Waals surface area (Å²) in [5, 5.41) is 3.43. The first-order chi connectivity index (χ1) is 12.3. The van der Waals surface area contributed by atoms with Crippen LogP contribution in [0.15, 0.2) is 60.7 Å². The number of amides is 2. The molecule has 0 radical (unpaired) electrons. The molecule has 1 saturated heterocycles. The van der Waals surface area contributed by atoms with Gasteiger partial charge in [-0.2, -0.15) is 0 Å². The minimum absolute atomic E-state index is 0.0790. The number of rotatable bonds is 5. The number of nitrogens with one attached hydrogen (secondary N) is 1. The van der Waals surface area contributed by atoms with Gasteiger partial charge in [0.15, 0.2) is 0 Å². The van der Waals surface area contributed by atoms with E-state index in [2.05, 4.69) is 24.4 Å². The molecule has 132 valence electrons. The first kappa shape index (κ1) is 17.5. The standard InChI is InChI=1S/C21H27N3O/c1-2-3-15-23(19-12-8-5-9-13-19)21(25)24-16-14-22-17-20(24)18-10-6-4-7-11-18/h4-13,20,22H,2-3,14-17H2,1H3. The zero-order valence-electron chi connectivity index (χ0n) is 14.9.